The minimum absolute atomic E-state index is 0.246. The monoisotopic (exact) mass is 261 g/mol. The number of likely N-dealkylation sites (N-methyl/N-ethyl adjacent to an activating group) is 1. The number of rotatable bonds is 6. The van der Waals surface area contributed by atoms with Gasteiger partial charge in [0.15, 0.2) is 0 Å². The van der Waals surface area contributed by atoms with Crippen molar-refractivity contribution in [1.29, 1.82) is 0 Å². The molecule has 1 aromatic heterocycles. The Morgan fingerprint density at radius 1 is 1.32 bits per heavy atom. The second kappa shape index (κ2) is 6.08. The van der Waals surface area contributed by atoms with Gasteiger partial charge in [0, 0.05) is 29.7 Å². The van der Waals surface area contributed by atoms with E-state index < -0.39 is 0 Å². The summed E-state index contributed by atoms with van der Waals surface area (Å²) in [4.78, 5) is 5.70. The second-order valence-corrected chi connectivity index (χ2v) is 4.63. The Labute approximate surface area is 114 Å². The average molecular weight is 261 g/mol. The number of ether oxygens (including phenoxy) is 1. The fraction of sp³-hybridized carbons (Fsp3) is 0.467. The molecule has 2 aromatic rings. The number of methoxy groups -OCH3 is 1. The molecule has 1 atom stereocenters. The molecule has 2 rings (SSSR count). The summed E-state index contributed by atoms with van der Waals surface area (Å²) in [6, 6.07) is 6.34. The van der Waals surface area contributed by atoms with Gasteiger partial charge in [-0.1, -0.05) is 13.8 Å². The first-order valence-electron chi connectivity index (χ1n) is 6.84. The lowest BCUT2D eigenvalue weighted by molar-refractivity contribution is 0.225. The van der Waals surface area contributed by atoms with Crippen LogP contribution in [-0.2, 0) is 0 Å². The van der Waals surface area contributed by atoms with Crippen LogP contribution < -0.4 is 10.5 Å². The molecule has 0 aliphatic heterocycles. The van der Waals surface area contributed by atoms with Gasteiger partial charge in [-0.2, -0.15) is 0 Å². The van der Waals surface area contributed by atoms with E-state index in [1.54, 1.807) is 7.11 Å². The van der Waals surface area contributed by atoms with Crippen LogP contribution in [0.3, 0.4) is 0 Å². The molecular weight excluding hydrogens is 238 g/mol. The Morgan fingerprint density at radius 2 is 2.05 bits per heavy atom. The molecule has 0 aliphatic rings. The molecule has 4 heteroatoms. The number of hydrogen-bond acceptors (Lipinski definition) is 3. The lowest BCUT2D eigenvalue weighted by Crippen LogP contribution is -2.33. The Hall–Kier alpha value is -1.52. The number of benzene rings is 1. The quantitative estimate of drug-likeness (QED) is 0.840. The molecule has 0 radical (unpaired) electrons. The van der Waals surface area contributed by atoms with Gasteiger partial charge in [0.05, 0.1) is 7.11 Å². The number of nitrogens with two attached hydrogens (primary N) is 1. The molecule has 0 bridgehead atoms. The largest absolute Gasteiger partial charge is 0.497 e. The van der Waals surface area contributed by atoms with Crippen LogP contribution in [0.1, 0.15) is 25.5 Å². The van der Waals surface area contributed by atoms with Crippen LogP contribution in [0.15, 0.2) is 24.4 Å². The first-order chi connectivity index (χ1) is 9.24. The lowest BCUT2D eigenvalue weighted by atomic mass is 10.0. The van der Waals surface area contributed by atoms with Crippen LogP contribution in [-0.4, -0.2) is 36.6 Å². The smallest absolute Gasteiger partial charge is 0.119 e. The predicted molar refractivity (Wildman–Crippen MR) is 79.6 cm³/mol. The number of nitrogens with zero attached hydrogens (tertiary/aromatic N) is 1. The number of aromatic nitrogens is 1. The van der Waals surface area contributed by atoms with E-state index >= 15 is 0 Å². The highest BCUT2D eigenvalue weighted by atomic mass is 16.5. The summed E-state index contributed by atoms with van der Waals surface area (Å²) >= 11 is 0. The lowest BCUT2D eigenvalue weighted by Gasteiger charge is -2.28. The van der Waals surface area contributed by atoms with Crippen molar-refractivity contribution in [2.75, 3.05) is 26.7 Å². The van der Waals surface area contributed by atoms with Gasteiger partial charge in [-0.25, -0.2) is 0 Å². The van der Waals surface area contributed by atoms with Crippen molar-refractivity contribution in [3.05, 3.63) is 30.0 Å². The Bertz CT molecular complexity index is 531. The minimum Gasteiger partial charge on any atom is -0.497 e. The maximum absolute atomic E-state index is 5.99. The topological polar surface area (TPSA) is 54.3 Å². The first-order valence-corrected chi connectivity index (χ1v) is 6.84. The fourth-order valence-corrected chi connectivity index (χ4v) is 2.66. The van der Waals surface area contributed by atoms with Crippen LogP contribution in [0.25, 0.3) is 10.9 Å². The van der Waals surface area contributed by atoms with Crippen molar-refractivity contribution in [3.8, 4) is 5.75 Å². The van der Waals surface area contributed by atoms with Gasteiger partial charge < -0.3 is 15.5 Å². The summed E-state index contributed by atoms with van der Waals surface area (Å²) in [5.41, 5.74) is 8.37. The normalized spacial score (nSPS) is 13.1. The van der Waals surface area contributed by atoms with E-state index in [1.165, 1.54) is 10.9 Å². The number of hydrogen-bond donors (Lipinski definition) is 2. The molecule has 0 fully saturated rings. The molecule has 19 heavy (non-hydrogen) atoms. The average Bonchev–Trinajstić information content (AvgIpc) is 2.87. The van der Waals surface area contributed by atoms with Gasteiger partial charge in [0.25, 0.3) is 0 Å². The third kappa shape index (κ3) is 2.60. The molecule has 0 spiro atoms. The van der Waals surface area contributed by atoms with E-state index in [9.17, 15) is 0 Å². The third-order valence-electron chi connectivity index (χ3n) is 3.76. The van der Waals surface area contributed by atoms with E-state index in [4.69, 9.17) is 10.5 Å². The highest BCUT2D eigenvalue weighted by molar-refractivity contribution is 5.85. The number of fused-ring (bicyclic) bond motifs is 1. The summed E-state index contributed by atoms with van der Waals surface area (Å²) < 4.78 is 5.31. The van der Waals surface area contributed by atoms with Gasteiger partial charge in [-0.05, 0) is 36.9 Å². The zero-order valence-corrected chi connectivity index (χ0v) is 11.9. The van der Waals surface area contributed by atoms with E-state index in [-0.39, 0.29) is 6.04 Å². The van der Waals surface area contributed by atoms with E-state index in [1.807, 2.05) is 12.1 Å². The standard InChI is InChI=1S/C15H23N3O/c1-4-18(5-2)15(9-16)13-10-17-14-7-6-11(19-3)8-12(13)14/h6-8,10,15,17H,4-5,9,16H2,1-3H3. The molecule has 3 N–H and O–H groups in total. The van der Waals surface area contributed by atoms with Gasteiger partial charge in [-0.3, -0.25) is 4.90 Å². The number of H-pyrrole nitrogens is 1. The van der Waals surface area contributed by atoms with Gasteiger partial charge in [0.1, 0.15) is 5.75 Å². The molecule has 1 unspecified atom stereocenters. The van der Waals surface area contributed by atoms with E-state index in [0.29, 0.717) is 6.54 Å². The minimum atomic E-state index is 0.246. The first kappa shape index (κ1) is 13.9. The highest BCUT2D eigenvalue weighted by Crippen LogP contribution is 2.30. The molecule has 0 saturated carbocycles. The number of aromatic amines is 1. The Kier molecular flexibility index (Phi) is 4.45. The third-order valence-corrected chi connectivity index (χ3v) is 3.76. The van der Waals surface area contributed by atoms with E-state index in [2.05, 4.69) is 36.0 Å². The van der Waals surface area contributed by atoms with Crippen LogP contribution in [0.4, 0.5) is 0 Å². The maximum Gasteiger partial charge on any atom is 0.119 e. The van der Waals surface area contributed by atoms with Crippen LogP contribution >= 0.6 is 0 Å². The molecule has 0 amide bonds. The predicted octanol–water partition coefficient (Wildman–Crippen LogP) is 2.52. The summed E-state index contributed by atoms with van der Waals surface area (Å²) in [7, 11) is 1.69. The van der Waals surface area contributed by atoms with Crippen LogP contribution in [0.2, 0.25) is 0 Å². The van der Waals surface area contributed by atoms with Crippen molar-refractivity contribution >= 4 is 10.9 Å². The molecule has 4 nitrogen and oxygen atoms in total. The Morgan fingerprint density at radius 3 is 2.63 bits per heavy atom. The molecular formula is C15H23N3O. The fourth-order valence-electron chi connectivity index (χ4n) is 2.66. The van der Waals surface area contributed by atoms with E-state index in [0.717, 1.165) is 24.4 Å². The molecule has 1 heterocycles. The van der Waals surface area contributed by atoms with Gasteiger partial charge >= 0.3 is 0 Å². The zero-order valence-electron chi connectivity index (χ0n) is 11.9. The SMILES string of the molecule is CCN(CC)C(CN)c1c[nH]c2ccc(OC)cc12. The van der Waals surface area contributed by atoms with Crippen molar-refractivity contribution in [2.45, 2.75) is 19.9 Å². The van der Waals surface area contributed by atoms with Gasteiger partial charge in [0.2, 0.25) is 0 Å². The van der Waals surface area contributed by atoms with Crippen molar-refractivity contribution in [1.82, 2.24) is 9.88 Å². The van der Waals surface area contributed by atoms with Gasteiger partial charge in [-0.15, -0.1) is 0 Å². The summed E-state index contributed by atoms with van der Waals surface area (Å²) in [5, 5.41) is 1.20. The molecule has 104 valence electrons. The van der Waals surface area contributed by atoms with Crippen molar-refractivity contribution in [2.24, 2.45) is 5.73 Å². The summed E-state index contributed by atoms with van der Waals surface area (Å²) in [6.07, 6.45) is 2.07. The molecule has 1 aromatic carbocycles. The second-order valence-electron chi connectivity index (χ2n) is 4.63. The van der Waals surface area contributed by atoms with Crippen LogP contribution in [0, 0.1) is 0 Å². The Balaban J connectivity index is 2.47. The summed E-state index contributed by atoms with van der Waals surface area (Å²) in [5.74, 6) is 0.878. The molecule has 0 saturated heterocycles. The van der Waals surface area contributed by atoms with Crippen LogP contribution in [0.5, 0.6) is 5.75 Å². The molecule has 0 aliphatic carbocycles. The highest BCUT2D eigenvalue weighted by Gasteiger charge is 2.19. The van der Waals surface area contributed by atoms with Crippen molar-refractivity contribution in [3.63, 3.8) is 0 Å². The maximum atomic E-state index is 5.99. The zero-order chi connectivity index (χ0) is 13.8. The van der Waals surface area contributed by atoms with Crippen molar-refractivity contribution < 1.29 is 4.74 Å². The number of nitrogens with one attached hydrogen (secondary N) is 1. The summed E-state index contributed by atoms with van der Waals surface area (Å²) in [6.45, 7) is 6.94.